The molecule has 1 unspecified atom stereocenters. The molecule has 0 aromatic heterocycles. The maximum Gasteiger partial charge on any atom is 0.147 e. The first-order valence-corrected chi connectivity index (χ1v) is 8.52. The van der Waals surface area contributed by atoms with Gasteiger partial charge in [0.05, 0.1) is 0 Å². The zero-order valence-corrected chi connectivity index (χ0v) is 12.0. The molecule has 0 saturated carbocycles. The number of hydrogen-bond acceptors (Lipinski definition) is 3. The van der Waals surface area contributed by atoms with Crippen LogP contribution in [0, 0.1) is 0 Å². The van der Waals surface area contributed by atoms with E-state index in [4.69, 9.17) is 0 Å². The van der Waals surface area contributed by atoms with Crippen LogP contribution in [0.2, 0.25) is 0 Å². The summed E-state index contributed by atoms with van der Waals surface area (Å²) in [5.41, 5.74) is 1.28. The van der Waals surface area contributed by atoms with Crippen LogP contribution in [0.25, 0.3) is 0 Å². The van der Waals surface area contributed by atoms with Crippen molar-refractivity contribution in [3.63, 3.8) is 0 Å². The predicted molar refractivity (Wildman–Crippen MR) is 76.7 cm³/mol. The van der Waals surface area contributed by atoms with E-state index in [9.17, 15) is 8.42 Å². The van der Waals surface area contributed by atoms with Gasteiger partial charge in [-0.1, -0.05) is 37.3 Å². The molecule has 102 valence electrons. The van der Waals surface area contributed by atoms with Gasteiger partial charge in [-0.3, -0.25) is 0 Å². The van der Waals surface area contributed by atoms with Gasteiger partial charge in [0.1, 0.15) is 9.84 Å². The second-order valence-corrected chi connectivity index (χ2v) is 6.95. The van der Waals surface area contributed by atoms with Crippen LogP contribution < -0.4 is 5.32 Å². The van der Waals surface area contributed by atoms with Gasteiger partial charge in [-0.2, -0.15) is 0 Å². The Labute approximate surface area is 111 Å². The van der Waals surface area contributed by atoms with Crippen LogP contribution in [-0.2, 0) is 9.84 Å². The number of likely N-dealkylation sites (N-methyl/N-ethyl adjacent to an activating group) is 1. The van der Waals surface area contributed by atoms with Crippen molar-refractivity contribution in [2.45, 2.75) is 25.7 Å². The van der Waals surface area contributed by atoms with E-state index in [1.807, 2.05) is 18.2 Å². The fourth-order valence-electron chi connectivity index (χ4n) is 2.02. The van der Waals surface area contributed by atoms with Gasteiger partial charge in [0.15, 0.2) is 0 Å². The minimum absolute atomic E-state index is 0.280. The van der Waals surface area contributed by atoms with E-state index in [-0.39, 0.29) is 5.75 Å². The number of benzene rings is 1. The molecule has 4 heteroatoms. The second-order valence-electron chi connectivity index (χ2n) is 4.69. The highest BCUT2D eigenvalue weighted by atomic mass is 32.2. The average Bonchev–Trinajstić information content (AvgIpc) is 2.33. The summed E-state index contributed by atoms with van der Waals surface area (Å²) >= 11 is 0. The molecule has 3 nitrogen and oxygen atoms in total. The van der Waals surface area contributed by atoms with Crippen molar-refractivity contribution >= 4 is 9.84 Å². The standard InChI is InChI=1S/C14H23NO2S/c1-3-15-12-14(10-7-11-18(2,16)17)13-8-5-4-6-9-13/h4-6,8-9,14-15H,3,7,10-12H2,1-2H3. The number of rotatable bonds is 8. The van der Waals surface area contributed by atoms with Crippen LogP contribution in [0.3, 0.4) is 0 Å². The van der Waals surface area contributed by atoms with Crippen molar-refractivity contribution in [1.29, 1.82) is 0 Å². The minimum atomic E-state index is -2.84. The van der Waals surface area contributed by atoms with Crippen LogP contribution in [0.15, 0.2) is 30.3 Å². The molecule has 0 fully saturated rings. The predicted octanol–water partition coefficient (Wildman–Crippen LogP) is 2.20. The van der Waals surface area contributed by atoms with Gasteiger partial charge in [0, 0.05) is 18.6 Å². The topological polar surface area (TPSA) is 46.2 Å². The summed E-state index contributed by atoms with van der Waals surface area (Å²) in [7, 11) is -2.84. The maximum absolute atomic E-state index is 11.1. The Hall–Kier alpha value is -0.870. The van der Waals surface area contributed by atoms with Crippen molar-refractivity contribution in [1.82, 2.24) is 5.32 Å². The molecule has 0 spiro atoms. The molecule has 18 heavy (non-hydrogen) atoms. The average molecular weight is 269 g/mol. The minimum Gasteiger partial charge on any atom is -0.316 e. The molecule has 0 heterocycles. The van der Waals surface area contributed by atoms with Gasteiger partial charge in [-0.25, -0.2) is 8.42 Å². The van der Waals surface area contributed by atoms with Crippen LogP contribution in [0.4, 0.5) is 0 Å². The largest absolute Gasteiger partial charge is 0.316 e. The fraction of sp³-hybridized carbons (Fsp3) is 0.571. The molecule has 1 aromatic rings. The molecule has 0 aliphatic carbocycles. The Balaban J connectivity index is 2.56. The molecule has 1 rings (SSSR count). The Morgan fingerprint density at radius 1 is 1.22 bits per heavy atom. The summed E-state index contributed by atoms with van der Waals surface area (Å²) in [4.78, 5) is 0. The lowest BCUT2D eigenvalue weighted by atomic mass is 9.94. The van der Waals surface area contributed by atoms with Crippen LogP contribution in [-0.4, -0.2) is 33.5 Å². The molecule has 0 amide bonds. The molecule has 1 N–H and O–H groups in total. The normalized spacial score (nSPS) is 13.4. The fourth-order valence-corrected chi connectivity index (χ4v) is 2.71. The molecule has 0 aliphatic heterocycles. The summed E-state index contributed by atoms with van der Waals surface area (Å²) in [5.74, 6) is 0.676. The van der Waals surface area contributed by atoms with Crippen molar-refractivity contribution < 1.29 is 8.42 Å². The highest BCUT2D eigenvalue weighted by molar-refractivity contribution is 7.90. The summed E-state index contributed by atoms with van der Waals surface area (Å²) in [6.45, 7) is 3.93. The van der Waals surface area contributed by atoms with Crippen molar-refractivity contribution in [2.75, 3.05) is 25.1 Å². The zero-order valence-electron chi connectivity index (χ0n) is 11.2. The van der Waals surface area contributed by atoms with E-state index in [1.165, 1.54) is 11.8 Å². The summed E-state index contributed by atoms with van der Waals surface area (Å²) in [6, 6.07) is 10.3. The first-order valence-electron chi connectivity index (χ1n) is 6.46. The zero-order chi connectivity index (χ0) is 13.4. The highest BCUT2D eigenvalue weighted by Crippen LogP contribution is 2.20. The molecule has 0 bridgehead atoms. The Morgan fingerprint density at radius 2 is 1.89 bits per heavy atom. The van der Waals surface area contributed by atoms with Crippen molar-refractivity contribution in [3.05, 3.63) is 35.9 Å². The maximum atomic E-state index is 11.1. The van der Waals surface area contributed by atoms with Gasteiger partial charge in [0.25, 0.3) is 0 Å². The smallest absolute Gasteiger partial charge is 0.147 e. The Kier molecular flexibility index (Phi) is 6.36. The van der Waals surface area contributed by atoms with E-state index in [0.717, 1.165) is 25.9 Å². The molecule has 0 aliphatic rings. The third-order valence-electron chi connectivity index (χ3n) is 2.98. The second kappa shape index (κ2) is 7.54. The van der Waals surface area contributed by atoms with E-state index >= 15 is 0 Å². The van der Waals surface area contributed by atoms with Crippen molar-refractivity contribution in [2.24, 2.45) is 0 Å². The Bertz CT molecular complexity index is 428. The van der Waals surface area contributed by atoms with E-state index in [2.05, 4.69) is 24.4 Å². The monoisotopic (exact) mass is 269 g/mol. The first-order chi connectivity index (χ1) is 8.53. The molecule has 1 atom stereocenters. The summed E-state index contributed by atoms with van der Waals surface area (Å²) in [6.07, 6.45) is 2.93. The van der Waals surface area contributed by atoms with Gasteiger partial charge in [-0.05, 0) is 30.9 Å². The molecule has 0 saturated heterocycles. The Morgan fingerprint density at radius 3 is 2.44 bits per heavy atom. The van der Waals surface area contributed by atoms with E-state index in [0.29, 0.717) is 5.92 Å². The SMILES string of the molecule is CCNCC(CCCS(C)(=O)=O)c1ccccc1. The third-order valence-corrected chi connectivity index (χ3v) is 4.01. The van der Waals surface area contributed by atoms with Gasteiger partial charge >= 0.3 is 0 Å². The number of sulfone groups is 1. The number of hydrogen-bond donors (Lipinski definition) is 1. The van der Waals surface area contributed by atoms with Gasteiger partial charge < -0.3 is 5.32 Å². The van der Waals surface area contributed by atoms with Crippen LogP contribution in [0.1, 0.15) is 31.2 Å². The lowest BCUT2D eigenvalue weighted by molar-refractivity contribution is 0.549. The number of nitrogens with one attached hydrogen (secondary N) is 1. The molecule has 0 radical (unpaired) electrons. The van der Waals surface area contributed by atoms with Gasteiger partial charge in [0.2, 0.25) is 0 Å². The van der Waals surface area contributed by atoms with E-state index in [1.54, 1.807) is 0 Å². The molecular formula is C14H23NO2S. The summed E-state index contributed by atoms with van der Waals surface area (Å²) in [5, 5.41) is 3.35. The van der Waals surface area contributed by atoms with Crippen LogP contribution >= 0.6 is 0 Å². The molecular weight excluding hydrogens is 246 g/mol. The van der Waals surface area contributed by atoms with E-state index < -0.39 is 9.84 Å². The van der Waals surface area contributed by atoms with Gasteiger partial charge in [-0.15, -0.1) is 0 Å². The quantitative estimate of drug-likeness (QED) is 0.787. The molecule has 1 aromatic carbocycles. The first kappa shape index (κ1) is 15.2. The summed E-state index contributed by atoms with van der Waals surface area (Å²) < 4.78 is 22.3. The third kappa shape index (κ3) is 6.17. The van der Waals surface area contributed by atoms with Crippen molar-refractivity contribution in [3.8, 4) is 0 Å². The van der Waals surface area contributed by atoms with Crippen LogP contribution in [0.5, 0.6) is 0 Å². The lowest BCUT2D eigenvalue weighted by Crippen LogP contribution is -2.21. The highest BCUT2D eigenvalue weighted by Gasteiger charge is 2.12. The lowest BCUT2D eigenvalue weighted by Gasteiger charge is -2.17.